The summed E-state index contributed by atoms with van der Waals surface area (Å²) in [5.41, 5.74) is 5.42. The van der Waals surface area contributed by atoms with Crippen LogP contribution in [0.25, 0.3) is 0 Å². The number of aryl methyl sites for hydroxylation is 2. The fourth-order valence-electron chi connectivity index (χ4n) is 1.98. The van der Waals surface area contributed by atoms with Gasteiger partial charge < -0.3 is 5.11 Å². The zero-order valence-corrected chi connectivity index (χ0v) is 12.2. The smallest absolute Gasteiger partial charge is 0.153 e. The molecule has 2 aromatic rings. The van der Waals surface area contributed by atoms with Crippen LogP contribution < -0.4 is 5.43 Å². The molecular weight excluding hydrogens is 264 g/mol. The lowest BCUT2D eigenvalue weighted by molar-refractivity contribution is 0.474. The lowest BCUT2D eigenvalue weighted by Crippen LogP contribution is -2.05. The minimum absolute atomic E-state index is 0.185. The summed E-state index contributed by atoms with van der Waals surface area (Å²) in [6, 6.07) is 6.99. The molecule has 1 heterocycles. The van der Waals surface area contributed by atoms with Crippen LogP contribution >= 0.6 is 0 Å². The highest BCUT2D eigenvalue weighted by molar-refractivity contribution is 5.83. The lowest BCUT2D eigenvalue weighted by Gasteiger charge is -2.09. The maximum absolute atomic E-state index is 9.68. The van der Waals surface area contributed by atoms with Crippen LogP contribution in [0.15, 0.2) is 42.0 Å². The lowest BCUT2D eigenvalue weighted by atomic mass is 10.1. The number of anilines is 1. The normalized spacial score (nSPS) is 10.8. The Morgan fingerprint density at radius 1 is 1.29 bits per heavy atom. The van der Waals surface area contributed by atoms with E-state index < -0.39 is 0 Å². The van der Waals surface area contributed by atoms with Gasteiger partial charge >= 0.3 is 0 Å². The van der Waals surface area contributed by atoms with E-state index in [0.29, 0.717) is 23.6 Å². The number of phenols is 1. The second-order valence-electron chi connectivity index (χ2n) is 4.61. The van der Waals surface area contributed by atoms with E-state index in [2.05, 4.69) is 27.1 Å². The molecule has 21 heavy (non-hydrogen) atoms. The number of phenolic OH excluding ortho intramolecular Hbond substituents is 1. The molecule has 5 nitrogen and oxygen atoms in total. The Hall–Kier alpha value is -2.69. The highest BCUT2D eigenvalue weighted by atomic mass is 16.3. The summed E-state index contributed by atoms with van der Waals surface area (Å²) in [6.45, 7) is 7.52. The number of hydrogen-bond acceptors (Lipinski definition) is 5. The predicted octanol–water partition coefficient (Wildman–Crippen LogP) is 2.97. The maximum Gasteiger partial charge on any atom is 0.153 e. The van der Waals surface area contributed by atoms with Gasteiger partial charge in [0.1, 0.15) is 11.6 Å². The van der Waals surface area contributed by atoms with E-state index >= 15 is 0 Å². The number of aromatic hydroxyl groups is 1. The van der Waals surface area contributed by atoms with E-state index in [1.807, 2.05) is 19.9 Å². The van der Waals surface area contributed by atoms with Gasteiger partial charge in [0.2, 0.25) is 0 Å². The number of para-hydroxylation sites is 1. The average Bonchev–Trinajstić information content (AvgIpc) is 2.44. The monoisotopic (exact) mass is 282 g/mol. The SMILES string of the molecule is C=CCc1c(C)nc(C)nc1N/N=C\c1ccccc1O. The molecule has 0 aliphatic carbocycles. The van der Waals surface area contributed by atoms with Crippen molar-refractivity contribution in [3.8, 4) is 5.75 Å². The Kier molecular flexibility index (Phi) is 4.66. The van der Waals surface area contributed by atoms with Crippen molar-refractivity contribution in [2.24, 2.45) is 5.10 Å². The molecule has 0 bridgehead atoms. The molecule has 0 amide bonds. The quantitative estimate of drug-likeness (QED) is 0.502. The summed E-state index contributed by atoms with van der Waals surface area (Å²) >= 11 is 0. The molecule has 0 spiro atoms. The molecule has 0 radical (unpaired) electrons. The zero-order valence-electron chi connectivity index (χ0n) is 12.2. The fourth-order valence-corrected chi connectivity index (χ4v) is 1.98. The van der Waals surface area contributed by atoms with Crippen molar-refractivity contribution < 1.29 is 5.11 Å². The average molecular weight is 282 g/mol. The largest absolute Gasteiger partial charge is 0.507 e. The third-order valence-electron chi connectivity index (χ3n) is 2.99. The first-order chi connectivity index (χ1) is 10.1. The second kappa shape index (κ2) is 6.65. The molecule has 0 saturated heterocycles. The Morgan fingerprint density at radius 3 is 2.76 bits per heavy atom. The molecule has 0 fully saturated rings. The molecule has 0 unspecified atom stereocenters. The van der Waals surface area contributed by atoms with Gasteiger partial charge in [0.25, 0.3) is 0 Å². The van der Waals surface area contributed by atoms with Crippen molar-refractivity contribution >= 4 is 12.0 Å². The van der Waals surface area contributed by atoms with Crippen molar-refractivity contribution in [2.45, 2.75) is 20.3 Å². The summed E-state index contributed by atoms with van der Waals surface area (Å²) in [5, 5.41) is 13.8. The molecule has 1 aromatic carbocycles. The number of hydrogen-bond donors (Lipinski definition) is 2. The number of hydrazone groups is 1. The molecule has 0 saturated carbocycles. The van der Waals surface area contributed by atoms with E-state index in [1.54, 1.807) is 30.5 Å². The van der Waals surface area contributed by atoms with Gasteiger partial charge in [-0.1, -0.05) is 18.2 Å². The predicted molar refractivity (Wildman–Crippen MR) is 84.7 cm³/mol. The fraction of sp³-hybridized carbons (Fsp3) is 0.188. The summed E-state index contributed by atoms with van der Waals surface area (Å²) in [4.78, 5) is 8.70. The van der Waals surface area contributed by atoms with Gasteiger partial charge in [-0.2, -0.15) is 5.10 Å². The molecule has 2 N–H and O–H groups in total. The third kappa shape index (κ3) is 3.66. The van der Waals surface area contributed by atoms with Crippen LogP contribution in [0.4, 0.5) is 5.82 Å². The molecule has 1 aromatic heterocycles. The molecule has 2 rings (SSSR count). The van der Waals surface area contributed by atoms with E-state index in [-0.39, 0.29) is 5.75 Å². The zero-order chi connectivity index (χ0) is 15.2. The van der Waals surface area contributed by atoms with E-state index in [4.69, 9.17) is 0 Å². The van der Waals surface area contributed by atoms with Crippen molar-refractivity contribution in [1.82, 2.24) is 9.97 Å². The number of aromatic nitrogens is 2. The molecule has 108 valence electrons. The first kappa shape index (κ1) is 14.7. The maximum atomic E-state index is 9.68. The number of nitrogens with zero attached hydrogens (tertiary/aromatic N) is 3. The third-order valence-corrected chi connectivity index (χ3v) is 2.99. The summed E-state index contributed by atoms with van der Waals surface area (Å²) in [5.74, 6) is 1.52. The van der Waals surface area contributed by atoms with Crippen molar-refractivity contribution in [2.75, 3.05) is 5.43 Å². The summed E-state index contributed by atoms with van der Waals surface area (Å²) in [6.07, 6.45) is 4.03. The number of allylic oxidation sites excluding steroid dienone is 1. The van der Waals surface area contributed by atoms with Crippen LogP contribution in [0.3, 0.4) is 0 Å². The highest BCUT2D eigenvalue weighted by Gasteiger charge is 2.08. The van der Waals surface area contributed by atoms with E-state index in [1.165, 1.54) is 0 Å². The molecule has 0 aliphatic heterocycles. The molecular formula is C16H18N4O. The van der Waals surface area contributed by atoms with Gasteiger partial charge in [0.05, 0.1) is 6.21 Å². The number of rotatable bonds is 5. The summed E-state index contributed by atoms with van der Waals surface area (Å²) < 4.78 is 0. The van der Waals surface area contributed by atoms with Crippen LogP contribution in [0.5, 0.6) is 5.75 Å². The molecule has 0 aliphatic rings. The first-order valence-corrected chi connectivity index (χ1v) is 6.64. The Morgan fingerprint density at radius 2 is 2.05 bits per heavy atom. The number of nitrogens with one attached hydrogen (secondary N) is 1. The Labute approximate surface area is 124 Å². The van der Waals surface area contributed by atoms with Gasteiger partial charge in [-0.15, -0.1) is 6.58 Å². The van der Waals surface area contributed by atoms with Gasteiger partial charge in [-0.05, 0) is 32.4 Å². The van der Waals surface area contributed by atoms with Gasteiger partial charge in [0, 0.05) is 16.8 Å². The van der Waals surface area contributed by atoms with Crippen molar-refractivity contribution in [3.05, 3.63) is 59.6 Å². The van der Waals surface area contributed by atoms with Crippen LogP contribution in [-0.4, -0.2) is 21.3 Å². The van der Waals surface area contributed by atoms with Crippen molar-refractivity contribution in [1.29, 1.82) is 0 Å². The van der Waals surface area contributed by atoms with E-state index in [0.717, 1.165) is 11.3 Å². The standard InChI is InChI=1S/C16H18N4O/c1-4-7-14-11(2)18-12(3)19-16(14)20-17-10-13-8-5-6-9-15(13)21/h4-6,8-10,21H,1,7H2,2-3H3,(H,18,19,20)/b17-10-. The second-order valence-corrected chi connectivity index (χ2v) is 4.61. The minimum Gasteiger partial charge on any atom is -0.507 e. The number of benzene rings is 1. The first-order valence-electron chi connectivity index (χ1n) is 6.64. The van der Waals surface area contributed by atoms with Crippen LogP contribution in [0.1, 0.15) is 22.6 Å². The van der Waals surface area contributed by atoms with Gasteiger partial charge in [-0.25, -0.2) is 9.97 Å². The van der Waals surface area contributed by atoms with Crippen LogP contribution in [-0.2, 0) is 6.42 Å². The van der Waals surface area contributed by atoms with Crippen LogP contribution in [0.2, 0.25) is 0 Å². The van der Waals surface area contributed by atoms with E-state index in [9.17, 15) is 5.11 Å². The molecule has 5 heteroatoms. The van der Waals surface area contributed by atoms with Gasteiger partial charge in [0.15, 0.2) is 5.82 Å². The van der Waals surface area contributed by atoms with Crippen LogP contribution in [0, 0.1) is 13.8 Å². The van der Waals surface area contributed by atoms with Gasteiger partial charge in [-0.3, -0.25) is 5.43 Å². The molecule has 0 atom stereocenters. The Bertz CT molecular complexity index is 680. The topological polar surface area (TPSA) is 70.4 Å². The Balaban J connectivity index is 2.23. The highest BCUT2D eigenvalue weighted by Crippen LogP contribution is 2.18. The minimum atomic E-state index is 0.185. The van der Waals surface area contributed by atoms with Crippen molar-refractivity contribution in [3.63, 3.8) is 0 Å². The summed E-state index contributed by atoms with van der Waals surface area (Å²) in [7, 11) is 0.